The molecule has 1 aromatic rings. The molecule has 1 aliphatic rings. The van der Waals surface area contributed by atoms with Gasteiger partial charge in [-0.25, -0.2) is 0 Å². The predicted molar refractivity (Wildman–Crippen MR) is 83.3 cm³/mol. The Morgan fingerprint density at radius 1 is 1.05 bits per heavy atom. The van der Waals surface area contributed by atoms with E-state index >= 15 is 0 Å². The SMILES string of the molecule is CC(=O)N/C(=C/c1ccccc1)C(=O)N1CCCCCC1. The number of nitrogens with one attached hydrogen (secondary N) is 1. The second kappa shape index (κ2) is 7.62. The van der Waals surface area contributed by atoms with Gasteiger partial charge in [-0.1, -0.05) is 43.2 Å². The third kappa shape index (κ3) is 4.74. The van der Waals surface area contributed by atoms with Crippen LogP contribution in [0.1, 0.15) is 38.2 Å². The van der Waals surface area contributed by atoms with E-state index in [1.807, 2.05) is 35.2 Å². The lowest BCUT2D eigenvalue weighted by molar-refractivity contribution is -0.129. The molecule has 1 N–H and O–H groups in total. The molecule has 0 aromatic heterocycles. The first-order chi connectivity index (χ1) is 10.2. The summed E-state index contributed by atoms with van der Waals surface area (Å²) in [6.45, 7) is 2.96. The average Bonchev–Trinajstić information content (AvgIpc) is 2.75. The Bertz CT molecular complexity index is 515. The summed E-state index contributed by atoms with van der Waals surface area (Å²) in [6.07, 6.45) is 6.15. The lowest BCUT2D eigenvalue weighted by atomic mass is 10.2. The zero-order chi connectivity index (χ0) is 15.1. The lowest BCUT2D eigenvalue weighted by Gasteiger charge is -2.22. The van der Waals surface area contributed by atoms with Crippen molar-refractivity contribution in [1.29, 1.82) is 0 Å². The first kappa shape index (κ1) is 15.3. The molecule has 2 amide bonds. The molecule has 2 rings (SSSR count). The number of benzene rings is 1. The van der Waals surface area contributed by atoms with E-state index in [1.54, 1.807) is 6.08 Å². The van der Waals surface area contributed by atoms with Crippen molar-refractivity contribution in [3.8, 4) is 0 Å². The van der Waals surface area contributed by atoms with Crippen molar-refractivity contribution in [1.82, 2.24) is 10.2 Å². The van der Waals surface area contributed by atoms with Gasteiger partial charge in [-0.05, 0) is 24.5 Å². The fourth-order valence-electron chi connectivity index (χ4n) is 2.50. The Morgan fingerprint density at radius 3 is 2.24 bits per heavy atom. The smallest absolute Gasteiger partial charge is 0.270 e. The molecule has 0 saturated carbocycles. The Labute approximate surface area is 125 Å². The number of nitrogens with zero attached hydrogens (tertiary/aromatic N) is 1. The number of likely N-dealkylation sites (tertiary alicyclic amines) is 1. The first-order valence-electron chi connectivity index (χ1n) is 7.50. The zero-order valence-electron chi connectivity index (χ0n) is 12.5. The van der Waals surface area contributed by atoms with Gasteiger partial charge in [0.25, 0.3) is 5.91 Å². The van der Waals surface area contributed by atoms with Crippen molar-refractivity contribution in [2.24, 2.45) is 0 Å². The van der Waals surface area contributed by atoms with E-state index < -0.39 is 0 Å². The van der Waals surface area contributed by atoms with Crippen LogP contribution in [0.5, 0.6) is 0 Å². The maximum absolute atomic E-state index is 12.6. The predicted octanol–water partition coefficient (Wildman–Crippen LogP) is 2.57. The van der Waals surface area contributed by atoms with Crippen LogP contribution in [0.15, 0.2) is 36.0 Å². The number of hydrogen-bond donors (Lipinski definition) is 1. The van der Waals surface area contributed by atoms with E-state index in [0.29, 0.717) is 5.70 Å². The van der Waals surface area contributed by atoms with E-state index in [9.17, 15) is 9.59 Å². The van der Waals surface area contributed by atoms with Crippen LogP contribution in [-0.2, 0) is 9.59 Å². The number of amides is 2. The molecule has 1 aromatic carbocycles. The molecule has 0 unspecified atom stereocenters. The van der Waals surface area contributed by atoms with Gasteiger partial charge in [0, 0.05) is 20.0 Å². The van der Waals surface area contributed by atoms with Crippen molar-refractivity contribution in [2.75, 3.05) is 13.1 Å². The van der Waals surface area contributed by atoms with Crippen molar-refractivity contribution in [2.45, 2.75) is 32.6 Å². The number of hydrogen-bond acceptors (Lipinski definition) is 2. The van der Waals surface area contributed by atoms with Gasteiger partial charge in [0.05, 0.1) is 0 Å². The minimum absolute atomic E-state index is 0.0871. The van der Waals surface area contributed by atoms with Crippen LogP contribution in [0.4, 0.5) is 0 Å². The monoisotopic (exact) mass is 286 g/mol. The Balaban J connectivity index is 2.20. The summed E-state index contributed by atoms with van der Waals surface area (Å²) in [4.78, 5) is 25.9. The van der Waals surface area contributed by atoms with Crippen LogP contribution in [0, 0.1) is 0 Å². The molecule has 1 aliphatic heterocycles. The lowest BCUT2D eigenvalue weighted by Crippen LogP contribution is -2.38. The normalized spacial score (nSPS) is 16.2. The van der Waals surface area contributed by atoms with E-state index in [0.717, 1.165) is 31.5 Å². The average molecular weight is 286 g/mol. The van der Waals surface area contributed by atoms with Crippen molar-refractivity contribution < 1.29 is 9.59 Å². The van der Waals surface area contributed by atoms with E-state index in [2.05, 4.69) is 5.32 Å². The molecule has 1 saturated heterocycles. The highest BCUT2D eigenvalue weighted by molar-refractivity contribution is 6.00. The summed E-state index contributed by atoms with van der Waals surface area (Å²) in [7, 11) is 0. The van der Waals surface area contributed by atoms with Gasteiger partial charge in [0.1, 0.15) is 5.70 Å². The van der Waals surface area contributed by atoms with Gasteiger partial charge in [-0.2, -0.15) is 0 Å². The summed E-state index contributed by atoms with van der Waals surface area (Å²) in [5.41, 5.74) is 1.26. The molecule has 4 nitrogen and oxygen atoms in total. The third-order valence-corrected chi connectivity index (χ3v) is 3.54. The molecule has 0 bridgehead atoms. The summed E-state index contributed by atoms with van der Waals surface area (Å²) in [5, 5.41) is 2.68. The van der Waals surface area contributed by atoms with Gasteiger partial charge >= 0.3 is 0 Å². The second-order valence-electron chi connectivity index (χ2n) is 5.36. The van der Waals surface area contributed by atoms with E-state index in [-0.39, 0.29) is 11.8 Å². The molecule has 0 spiro atoms. The van der Waals surface area contributed by atoms with Crippen molar-refractivity contribution in [3.05, 3.63) is 41.6 Å². The summed E-state index contributed by atoms with van der Waals surface area (Å²) < 4.78 is 0. The fourth-order valence-corrected chi connectivity index (χ4v) is 2.50. The molecule has 1 heterocycles. The Hall–Kier alpha value is -2.10. The van der Waals surface area contributed by atoms with Crippen LogP contribution in [0.3, 0.4) is 0 Å². The van der Waals surface area contributed by atoms with Gasteiger partial charge in [-0.3, -0.25) is 9.59 Å². The number of rotatable bonds is 3. The fraction of sp³-hybridized carbons (Fsp3) is 0.412. The minimum Gasteiger partial charge on any atom is -0.337 e. The number of carbonyl (C=O) groups is 2. The van der Waals surface area contributed by atoms with Crippen LogP contribution in [-0.4, -0.2) is 29.8 Å². The van der Waals surface area contributed by atoms with E-state index in [4.69, 9.17) is 0 Å². The molecular weight excluding hydrogens is 264 g/mol. The first-order valence-corrected chi connectivity index (χ1v) is 7.50. The molecule has 1 fully saturated rings. The highest BCUT2D eigenvalue weighted by Gasteiger charge is 2.20. The molecule has 112 valence electrons. The van der Waals surface area contributed by atoms with Gasteiger partial charge in [0.2, 0.25) is 5.91 Å². The molecule has 4 heteroatoms. The van der Waals surface area contributed by atoms with Crippen molar-refractivity contribution >= 4 is 17.9 Å². The maximum Gasteiger partial charge on any atom is 0.270 e. The standard InChI is InChI=1S/C17H22N2O2/c1-14(20)18-16(13-15-9-5-4-6-10-15)17(21)19-11-7-2-3-8-12-19/h4-6,9-10,13H,2-3,7-8,11-12H2,1H3,(H,18,20)/b16-13+. The quantitative estimate of drug-likeness (QED) is 0.868. The van der Waals surface area contributed by atoms with Gasteiger partial charge in [0.15, 0.2) is 0 Å². The maximum atomic E-state index is 12.6. The van der Waals surface area contributed by atoms with Crippen LogP contribution in [0.25, 0.3) is 6.08 Å². The summed E-state index contributed by atoms with van der Waals surface area (Å²) >= 11 is 0. The van der Waals surface area contributed by atoms with Crippen LogP contribution < -0.4 is 5.32 Å². The molecule has 21 heavy (non-hydrogen) atoms. The topological polar surface area (TPSA) is 49.4 Å². The van der Waals surface area contributed by atoms with Crippen LogP contribution in [0.2, 0.25) is 0 Å². The minimum atomic E-state index is -0.222. The molecule has 0 aliphatic carbocycles. The van der Waals surface area contributed by atoms with Crippen LogP contribution >= 0.6 is 0 Å². The second-order valence-corrected chi connectivity index (χ2v) is 5.36. The van der Waals surface area contributed by atoms with Gasteiger partial charge in [-0.15, -0.1) is 0 Å². The summed E-state index contributed by atoms with van der Waals surface area (Å²) in [6, 6.07) is 9.57. The van der Waals surface area contributed by atoms with Gasteiger partial charge < -0.3 is 10.2 Å². The zero-order valence-corrected chi connectivity index (χ0v) is 12.5. The number of carbonyl (C=O) groups excluding carboxylic acids is 2. The Morgan fingerprint density at radius 2 is 1.67 bits per heavy atom. The summed E-state index contributed by atoms with van der Waals surface area (Å²) in [5.74, 6) is -0.309. The Kier molecular flexibility index (Phi) is 5.55. The molecular formula is C17H22N2O2. The molecule has 0 atom stereocenters. The van der Waals surface area contributed by atoms with E-state index in [1.165, 1.54) is 19.8 Å². The largest absolute Gasteiger partial charge is 0.337 e. The molecule has 0 radical (unpaired) electrons. The van der Waals surface area contributed by atoms with Crippen molar-refractivity contribution in [3.63, 3.8) is 0 Å². The highest BCUT2D eigenvalue weighted by Crippen LogP contribution is 2.13. The third-order valence-electron chi connectivity index (χ3n) is 3.54. The highest BCUT2D eigenvalue weighted by atomic mass is 16.2.